The van der Waals surface area contributed by atoms with E-state index in [9.17, 15) is 0 Å². The summed E-state index contributed by atoms with van der Waals surface area (Å²) in [6, 6.07) is 7.92. The average Bonchev–Trinajstić information content (AvgIpc) is 2.62. The number of hydrogen-bond acceptors (Lipinski definition) is 5. The molecule has 0 bridgehead atoms. The molecule has 0 spiro atoms. The van der Waals surface area contributed by atoms with Crippen molar-refractivity contribution in [3.8, 4) is 5.75 Å². The molecule has 0 amide bonds. The lowest BCUT2D eigenvalue weighted by Gasteiger charge is -2.14. The van der Waals surface area contributed by atoms with Gasteiger partial charge in [0.05, 0.1) is 19.3 Å². The van der Waals surface area contributed by atoms with E-state index in [0.29, 0.717) is 26.4 Å². The number of hydrogen-bond donors (Lipinski definition) is 2. The van der Waals surface area contributed by atoms with E-state index < -0.39 is 0 Å². The van der Waals surface area contributed by atoms with E-state index in [1.807, 2.05) is 38.1 Å². The fraction of sp³-hybridized carbons (Fsp3) is 0.632. The molecule has 0 radical (unpaired) electrons. The Kier molecular flexibility index (Phi) is 12.8. The van der Waals surface area contributed by atoms with Crippen molar-refractivity contribution in [3.05, 3.63) is 24.3 Å². The van der Waals surface area contributed by atoms with Gasteiger partial charge in [0.15, 0.2) is 5.96 Å². The largest absolute Gasteiger partial charge is 0.491 e. The van der Waals surface area contributed by atoms with E-state index in [4.69, 9.17) is 14.2 Å². The highest BCUT2D eigenvalue weighted by atomic mass is 32.2. The molecule has 0 saturated carbocycles. The number of anilines is 1. The molecule has 0 aliphatic carbocycles. The molecule has 148 valence electrons. The van der Waals surface area contributed by atoms with Crippen LogP contribution >= 0.6 is 11.8 Å². The summed E-state index contributed by atoms with van der Waals surface area (Å²) in [6.07, 6.45) is 3.14. The van der Waals surface area contributed by atoms with Gasteiger partial charge >= 0.3 is 0 Å². The highest BCUT2D eigenvalue weighted by Gasteiger charge is 2.02. The van der Waals surface area contributed by atoms with Gasteiger partial charge in [-0.2, -0.15) is 11.8 Å². The van der Waals surface area contributed by atoms with Crippen LogP contribution in [-0.4, -0.2) is 64.1 Å². The highest BCUT2D eigenvalue weighted by molar-refractivity contribution is 7.98. The normalized spacial score (nSPS) is 11.7. The third-order valence-corrected chi connectivity index (χ3v) is 3.85. The summed E-state index contributed by atoms with van der Waals surface area (Å²) >= 11 is 1.80. The zero-order valence-corrected chi connectivity index (χ0v) is 17.2. The van der Waals surface area contributed by atoms with Crippen molar-refractivity contribution in [2.75, 3.05) is 57.3 Å². The first-order valence-corrected chi connectivity index (χ1v) is 10.4. The van der Waals surface area contributed by atoms with Crippen LogP contribution in [0.2, 0.25) is 0 Å². The van der Waals surface area contributed by atoms with Crippen molar-refractivity contribution >= 4 is 23.4 Å². The summed E-state index contributed by atoms with van der Waals surface area (Å²) in [4.78, 5) is 4.62. The Hall–Kier alpha value is -1.44. The van der Waals surface area contributed by atoms with Gasteiger partial charge in [-0.15, -0.1) is 0 Å². The molecule has 0 unspecified atom stereocenters. The fourth-order valence-corrected chi connectivity index (χ4v) is 2.34. The highest BCUT2D eigenvalue weighted by Crippen LogP contribution is 2.16. The maximum atomic E-state index is 5.67. The van der Waals surface area contributed by atoms with Gasteiger partial charge in [-0.05, 0) is 50.8 Å². The second kappa shape index (κ2) is 14.7. The van der Waals surface area contributed by atoms with Gasteiger partial charge in [0.25, 0.3) is 0 Å². The smallest absolute Gasteiger partial charge is 0.195 e. The number of aliphatic imine (C=N–C) groups is 1. The standard InChI is InChI=1S/C19H33N3O3S/c1-16(2)25-18-8-6-17(7-9-18)22-19(21-11-15-26-4)20-10-5-12-24-14-13-23-3/h6-9,16H,5,10-15H2,1-4H3,(H2,20,21,22). The lowest BCUT2D eigenvalue weighted by atomic mass is 10.3. The molecule has 0 fully saturated rings. The van der Waals surface area contributed by atoms with Gasteiger partial charge in [-0.25, -0.2) is 0 Å². The number of guanidine groups is 1. The molecule has 6 nitrogen and oxygen atoms in total. The summed E-state index contributed by atoms with van der Waals surface area (Å²) in [6.45, 7) is 7.55. The maximum Gasteiger partial charge on any atom is 0.195 e. The zero-order valence-electron chi connectivity index (χ0n) is 16.4. The van der Waals surface area contributed by atoms with Crippen LogP contribution in [0.25, 0.3) is 0 Å². The van der Waals surface area contributed by atoms with E-state index in [-0.39, 0.29) is 6.10 Å². The summed E-state index contributed by atoms with van der Waals surface area (Å²) in [5.41, 5.74) is 0.979. The summed E-state index contributed by atoms with van der Waals surface area (Å²) in [5, 5.41) is 6.70. The molecule has 2 N–H and O–H groups in total. The second-order valence-corrected chi connectivity index (χ2v) is 6.91. The van der Waals surface area contributed by atoms with Gasteiger partial charge in [-0.1, -0.05) is 0 Å². The molecule has 1 aromatic carbocycles. The van der Waals surface area contributed by atoms with E-state index in [2.05, 4.69) is 21.9 Å². The number of rotatable bonds is 13. The molecule has 1 rings (SSSR count). The van der Waals surface area contributed by atoms with Gasteiger partial charge in [0, 0.05) is 38.2 Å². The monoisotopic (exact) mass is 383 g/mol. The first-order valence-electron chi connectivity index (χ1n) is 9.03. The van der Waals surface area contributed by atoms with Crippen LogP contribution in [0.15, 0.2) is 29.3 Å². The van der Waals surface area contributed by atoms with Crippen molar-refractivity contribution in [1.82, 2.24) is 5.32 Å². The van der Waals surface area contributed by atoms with Crippen LogP contribution < -0.4 is 15.4 Å². The lowest BCUT2D eigenvalue weighted by molar-refractivity contribution is 0.0702. The van der Waals surface area contributed by atoms with E-state index in [1.54, 1.807) is 18.9 Å². The lowest BCUT2D eigenvalue weighted by Crippen LogP contribution is -2.32. The van der Waals surface area contributed by atoms with E-state index >= 15 is 0 Å². The number of ether oxygens (including phenoxy) is 3. The minimum Gasteiger partial charge on any atom is -0.491 e. The number of nitrogens with one attached hydrogen (secondary N) is 2. The molecule has 0 heterocycles. The number of benzene rings is 1. The maximum absolute atomic E-state index is 5.67. The van der Waals surface area contributed by atoms with Crippen LogP contribution in [0.4, 0.5) is 5.69 Å². The first kappa shape index (κ1) is 22.6. The van der Waals surface area contributed by atoms with Crippen LogP contribution in [0, 0.1) is 0 Å². The minimum absolute atomic E-state index is 0.172. The predicted molar refractivity (Wildman–Crippen MR) is 112 cm³/mol. The van der Waals surface area contributed by atoms with Crippen LogP contribution in [0.5, 0.6) is 5.75 Å². The van der Waals surface area contributed by atoms with Crippen molar-refractivity contribution in [2.24, 2.45) is 4.99 Å². The molecule has 26 heavy (non-hydrogen) atoms. The van der Waals surface area contributed by atoms with Crippen molar-refractivity contribution in [1.29, 1.82) is 0 Å². The SMILES string of the molecule is COCCOCCCN=C(NCCSC)Nc1ccc(OC(C)C)cc1. The molecular weight excluding hydrogens is 350 g/mol. The van der Waals surface area contributed by atoms with E-state index in [0.717, 1.165) is 36.1 Å². The molecule has 0 atom stereocenters. The Morgan fingerprint density at radius 1 is 1.15 bits per heavy atom. The summed E-state index contributed by atoms with van der Waals surface area (Å²) < 4.78 is 16.1. The quantitative estimate of drug-likeness (QED) is 0.310. The van der Waals surface area contributed by atoms with Crippen LogP contribution in [-0.2, 0) is 9.47 Å². The Morgan fingerprint density at radius 3 is 2.58 bits per heavy atom. The third kappa shape index (κ3) is 11.2. The van der Waals surface area contributed by atoms with Gasteiger partial charge < -0.3 is 24.8 Å². The molecule has 0 aliphatic rings. The Bertz CT molecular complexity index is 495. The number of thioether (sulfide) groups is 1. The van der Waals surface area contributed by atoms with Gasteiger partial charge in [-0.3, -0.25) is 4.99 Å². The average molecular weight is 384 g/mol. The molecule has 7 heteroatoms. The predicted octanol–water partition coefficient (Wildman–Crippen LogP) is 3.25. The third-order valence-electron chi connectivity index (χ3n) is 3.24. The molecular formula is C19H33N3O3S. The molecule has 0 aromatic heterocycles. The zero-order chi connectivity index (χ0) is 19.0. The minimum atomic E-state index is 0.172. The molecule has 1 aromatic rings. The van der Waals surface area contributed by atoms with Gasteiger partial charge in [0.2, 0.25) is 0 Å². The second-order valence-electron chi connectivity index (χ2n) is 5.92. The molecule has 0 saturated heterocycles. The molecule has 0 aliphatic heterocycles. The van der Waals surface area contributed by atoms with Crippen molar-refractivity contribution in [2.45, 2.75) is 26.4 Å². The summed E-state index contributed by atoms with van der Waals surface area (Å²) in [7, 11) is 1.67. The van der Waals surface area contributed by atoms with Crippen LogP contribution in [0.3, 0.4) is 0 Å². The fourth-order valence-electron chi connectivity index (χ4n) is 2.04. The van der Waals surface area contributed by atoms with Crippen molar-refractivity contribution in [3.63, 3.8) is 0 Å². The van der Waals surface area contributed by atoms with Crippen molar-refractivity contribution < 1.29 is 14.2 Å². The number of nitrogens with zero attached hydrogens (tertiary/aromatic N) is 1. The van der Waals surface area contributed by atoms with Crippen LogP contribution in [0.1, 0.15) is 20.3 Å². The van der Waals surface area contributed by atoms with Gasteiger partial charge in [0.1, 0.15) is 5.75 Å². The Morgan fingerprint density at radius 2 is 1.92 bits per heavy atom. The summed E-state index contributed by atoms with van der Waals surface area (Å²) in [5.74, 6) is 2.68. The topological polar surface area (TPSA) is 64.1 Å². The van der Waals surface area contributed by atoms with E-state index in [1.165, 1.54) is 0 Å². The first-order chi connectivity index (χ1) is 12.7. The number of methoxy groups -OCH3 is 1. The Balaban J connectivity index is 2.49. The Labute approximate surface area is 162 Å².